The number of nitrogens with zero attached hydrogens (tertiary/aromatic N) is 2. The smallest absolute Gasteiger partial charge is 0.167 e. The van der Waals surface area contributed by atoms with Crippen LogP contribution in [0, 0.1) is 15.3 Å². The lowest BCUT2D eigenvalue weighted by Crippen LogP contribution is -2.07. The first-order chi connectivity index (χ1) is 13.7. The SMILES string of the molecule is CC(C)Oc1cc2c(I)[nH]nc2cc1F.CC(C)Oc1cc2c(cc1F)CN=C2. The predicted octanol–water partition coefficient (Wildman–Crippen LogP) is 5.64. The second-order valence-electron chi connectivity index (χ2n) is 7.12. The number of fused-ring (bicyclic) bond motifs is 2. The molecule has 0 atom stereocenters. The molecule has 5 nitrogen and oxygen atoms in total. The van der Waals surface area contributed by atoms with Crippen LogP contribution in [0.3, 0.4) is 0 Å². The summed E-state index contributed by atoms with van der Waals surface area (Å²) in [6, 6.07) is 6.27. The maximum Gasteiger partial charge on any atom is 0.167 e. The van der Waals surface area contributed by atoms with Crippen molar-refractivity contribution in [3.63, 3.8) is 0 Å². The van der Waals surface area contributed by atoms with Crippen LogP contribution in [0.15, 0.2) is 29.3 Å². The Balaban J connectivity index is 0.000000166. The summed E-state index contributed by atoms with van der Waals surface area (Å²) in [7, 11) is 0. The molecule has 154 valence electrons. The molecule has 0 aliphatic carbocycles. The molecule has 0 spiro atoms. The van der Waals surface area contributed by atoms with Crippen molar-refractivity contribution in [1.82, 2.24) is 10.2 Å². The minimum atomic E-state index is -0.376. The van der Waals surface area contributed by atoms with Gasteiger partial charge in [0.1, 0.15) is 3.70 Å². The van der Waals surface area contributed by atoms with Crippen molar-refractivity contribution >= 4 is 39.7 Å². The Bertz CT molecular complexity index is 1050. The monoisotopic (exact) mass is 513 g/mol. The molecular weight excluding hydrogens is 491 g/mol. The normalized spacial score (nSPS) is 12.3. The minimum Gasteiger partial charge on any atom is -0.488 e. The Kier molecular flexibility index (Phi) is 6.71. The molecule has 1 N–H and O–H groups in total. The molecule has 0 bridgehead atoms. The van der Waals surface area contributed by atoms with Crippen LogP contribution in [0.25, 0.3) is 10.9 Å². The van der Waals surface area contributed by atoms with Gasteiger partial charge >= 0.3 is 0 Å². The fourth-order valence-electron chi connectivity index (χ4n) is 2.78. The van der Waals surface area contributed by atoms with E-state index < -0.39 is 0 Å². The molecule has 0 saturated heterocycles. The number of H-pyrrole nitrogens is 1. The van der Waals surface area contributed by atoms with Gasteiger partial charge in [0.15, 0.2) is 23.1 Å². The molecule has 2 heterocycles. The van der Waals surface area contributed by atoms with Gasteiger partial charge in [0.2, 0.25) is 0 Å². The number of aliphatic imine (C=N–C) groups is 1. The van der Waals surface area contributed by atoms with Gasteiger partial charge in [-0.05, 0) is 74.0 Å². The van der Waals surface area contributed by atoms with Gasteiger partial charge in [-0.2, -0.15) is 5.10 Å². The van der Waals surface area contributed by atoms with Gasteiger partial charge < -0.3 is 9.47 Å². The third-order valence-corrected chi connectivity index (χ3v) is 4.79. The number of aromatic amines is 1. The molecule has 8 heteroatoms. The number of halogens is 3. The van der Waals surface area contributed by atoms with Gasteiger partial charge in [-0.1, -0.05) is 0 Å². The fourth-order valence-corrected chi connectivity index (χ4v) is 3.33. The van der Waals surface area contributed by atoms with Crippen molar-refractivity contribution in [1.29, 1.82) is 0 Å². The quantitative estimate of drug-likeness (QED) is 0.460. The van der Waals surface area contributed by atoms with E-state index >= 15 is 0 Å². The highest BCUT2D eigenvalue weighted by atomic mass is 127. The van der Waals surface area contributed by atoms with Gasteiger partial charge in [-0.15, -0.1) is 0 Å². The van der Waals surface area contributed by atoms with Crippen molar-refractivity contribution < 1.29 is 18.3 Å². The van der Waals surface area contributed by atoms with Crippen LogP contribution in [0.4, 0.5) is 8.78 Å². The van der Waals surface area contributed by atoms with Crippen LogP contribution in [0.2, 0.25) is 0 Å². The van der Waals surface area contributed by atoms with E-state index in [0.717, 1.165) is 20.2 Å². The van der Waals surface area contributed by atoms with Crippen LogP contribution in [0.1, 0.15) is 38.8 Å². The zero-order valence-electron chi connectivity index (χ0n) is 16.6. The summed E-state index contributed by atoms with van der Waals surface area (Å²) in [5.41, 5.74) is 2.51. The summed E-state index contributed by atoms with van der Waals surface area (Å²) in [6.45, 7) is 8.06. The zero-order chi connectivity index (χ0) is 21.1. The van der Waals surface area contributed by atoms with Gasteiger partial charge in [0, 0.05) is 23.2 Å². The van der Waals surface area contributed by atoms with E-state index in [1.165, 1.54) is 12.1 Å². The molecule has 2 aromatic carbocycles. The number of hydrogen-bond donors (Lipinski definition) is 1. The van der Waals surface area contributed by atoms with Crippen LogP contribution >= 0.6 is 22.6 Å². The van der Waals surface area contributed by atoms with Gasteiger partial charge in [-0.25, -0.2) is 8.78 Å². The second-order valence-corrected chi connectivity index (χ2v) is 8.20. The van der Waals surface area contributed by atoms with Gasteiger partial charge in [0.05, 0.1) is 24.3 Å². The number of nitrogens with one attached hydrogen (secondary N) is 1. The molecule has 1 aromatic heterocycles. The molecule has 29 heavy (non-hydrogen) atoms. The summed E-state index contributed by atoms with van der Waals surface area (Å²) >= 11 is 2.12. The largest absolute Gasteiger partial charge is 0.488 e. The molecule has 4 rings (SSSR count). The highest BCUT2D eigenvalue weighted by Crippen LogP contribution is 2.27. The Morgan fingerprint density at radius 3 is 2.24 bits per heavy atom. The topological polar surface area (TPSA) is 59.5 Å². The first kappa shape index (κ1) is 21.5. The van der Waals surface area contributed by atoms with E-state index in [2.05, 4.69) is 37.8 Å². The summed E-state index contributed by atoms with van der Waals surface area (Å²) < 4.78 is 38.5. The van der Waals surface area contributed by atoms with Crippen molar-refractivity contribution in [2.75, 3.05) is 0 Å². The number of aromatic nitrogens is 2. The summed E-state index contributed by atoms with van der Waals surface area (Å²) in [5.74, 6) is -0.0917. The second kappa shape index (κ2) is 9.06. The van der Waals surface area contributed by atoms with Crippen LogP contribution < -0.4 is 9.47 Å². The number of hydrogen-bond acceptors (Lipinski definition) is 4. The van der Waals surface area contributed by atoms with Crippen LogP contribution in [0.5, 0.6) is 11.5 Å². The predicted molar refractivity (Wildman–Crippen MR) is 118 cm³/mol. The third-order valence-electron chi connectivity index (χ3n) is 3.97. The molecule has 3 aromatic rings. The maximum absolute atomic E-state index is 13.5. The molecule has 0 saturated carbocycles. The molecule has 1 aliphatic rings. The molecule has 0 fully saturated rings. The van der Waals surface area contributed by atoms with Crippen molar-refractivity contribution in [2.24, 2.45) is 4.99 Å². The van der Waals surface area contributed by atoms with E-state index in [1.807, 2.05) is 27.7 Å². The van der Waals surface area contributed by atoms with E-state index in [1.54, 1.807) is 18.3 Å². The maximum atomic E-state index is 13.5. The molecular formula is C21H22F2IN3O2. The lowest BCUT2D eigenvalue weighted by atomic mass is 10.1. The highest BCUT2D eigenvalue weighted by Gasteiger charge is 2.13. The van der Waals surface area contributed by atoms with E-state index in [0.29, 0.717) is 17.8 Å². The van der Waals surface area contributed by atoms with Crippen LogP contribution in [-0.4, -0.2) is 28.6 Å². The lowest BCUT2D eigenvalue weighted by Gasteiger charge is -2.11. The van der Waals surface area contributed by atoms with Crippen molar-refractivity contribution in [3.05, 3.63) is 50.7 Å². The highest BCUT2D eigenvalue weighted by molar-refractivity contribution is 14.1. The lowest BCUT2D eigenvalue weighted by molar-refractivity contribution is 0.231. The molecule has 0 unspecified atom stereocenters. The van der Waals surface area contributed by atoms with Gasteiger partial charge in [-0.3, -0.25) is 10.1 Å². The van der Waals surface area contributed by atoms with Crippen molar-refractivity contribution in [2.45, 2.75) is 46.4 Å². The van der Waals surface area contributed by atoms with E-state index in [9.17, 15) is 8.78 Å². The standard InChI is InChI=1S/C11H12FNO.C10H10FIN2O/c1-7(2)14-11-4-9-6-13-5-8(9)3-10(11)12;1-5(2)15-9-3-6-8(4-7(9)11)13-14-10(6)12/h3-4,6-7H,5H2,1-2H3;3-5H,1-2H3,(H,13,14). The number of ether oxygens (including phenoxy) is 2. The third kappa shape index (κ3) is 5.23. The van der Waals surface area contributed by atoms with Crippen LogP contribution in [-0.2, 0) is 6.54 Å². The Hall–Kier alpha value is -2.23. The first-order valence-corrected chi connectivity index (χ1v) is 10.3. The summed E-state index contributed by atoms with van der Waals surface area (Å²) in [4.78, 5) is 4.07. The fraction of sp³-hybridized carbons (Fsp3) is 0.333. The Labute approximate surface area is 181 Å². The molecule has 0 radical (unpaired) electrons. The Morgan fingerprint density at radius 1 is 0.966 bits per heavy atom. The van der Waals surface area contributed by atoms with E-state index in [4.69, 9.17) is 9.47 Å². The average Bonchev–Trinajstić information content (AvgIpc) is 3.22. The summed E-state index contributed by atoms with van der Waals surface area (Å²) in [5, 5.41) is 7.65. The molecule has 1 aliphatic heterocycles. The average molecular weight is 513 g/mol. The van der Waals surface area contributed by atoms with Crippen molar-refractivity contribution in [3.8, 4) is 11.5 Å². The molecule has 0 amide bonds. The number of benzene rings is 2. The zero-order valence-corrected chi connectivity index (χ0v) is 18.8. The minimum absolute atomic E-state index is 0.0131. The van der Waals surface area contributed by atoms with E-state index in [-0.39, 0.29) is 29.6 Å². The first-order valence-electron chi connectivity index (χ1n) is 9.23. The number of rotatable bonds is 4. The van der Waals surface area contributed by atoms with Gasteiger partial charge in [0.25, 0.3) is 0 Å². The Morgan fingerprint density at radius 2 is 1.59 bits per heavy atom. The summed E-state index contributed by atoms with van der Waals surface area (Å²) in [6.07, 6.45) is 1.70.